The summed E-state index contributed by atoms with van der Waals surface area (Å²) in [6, 6.07) is 0. The summed E-state index contributed by atoms with van der Waals surface area (Å²) < 4.78 is 68.7. The minimum atomic E-state index is -6.17. The first-order valence-electron chi connectivity index (χ1n) is 1.33. The van der Waals surface area contributed by atoms with Gasteiger partial charge in [0.15, 0.2) is 0 Å². The van der Waals surface area contributed by atoms with Crippen molar-refractivity contribution in [2.45, 2.75) is 0 Å². The molecule has 0 spiro atoms. The summed E-state index contributed by atoms with van der Waals surface area (Å²) in [5.74, 6) is 0. The van der Waals surface area contributed by atoms with Crippen LogP contribution in [0.3, 0.4) is 0 Å². The van der Waals surface area contributed by atoms with Gasteiger partial charge in [0.2, 0.25) is 0 Å². The van der Waals surface area contributed by atoms with Crippen LogP contribution in [-0.4, -0.2) is 17.5 Å². The molecule has 0 aromatic heterocycles. The van der Waals surface area contributed by atoms with E-state index in [2.05, 4.69) is 0 Å². The third-order valence-electron chi connectivity index (χ3n) is 0. The van der Waals surface area contributed by atoms with Crippen LogP contribution in [0, 0.1) is 0 Å². The molecule has 0 aromatic carbocycles. The fourth-order valence-electron chi connectivity index (χ4n) is 0. The molecule has 0 N–H and O–H groups in total. The van der Waals surface area contributed by atoms with Crippen LogP contribution in [0.1, 0.15) is 0 Å². The fourth-order valence-corrected chi connectivity index (χ4v) is 0. The first-order valence-corrected chi connectivity index (χ1v) is 7.46. The maximum atomic E-state index is 8.65. The molecule has 72 valence electrons. The molecule has 0 saturated carbocycles. The molecule has 0 aromatic rings. The van der Waals surface area contributed by atoms with Crippen molar-refractivity contribution in [3.8, 4) is 0 Å². The third kappa shape index (κ3) is 348. The Labute approximate surface area is 132 Å². The van der Waals surface area contributed by atoms with E-state index in [-0.39, 0.29) is 75.6 Å². The van der Waals surface area contributed by atoms with Gasteiger partial charge in [-0.25, -0.2) is 0 Å². The van der Waals surface area contributed by atoms with E-state index < -0.39 is 27.1 Å². The SMILES string of the molecule is O=S(=O)([O-])[O-].[Na+].[Na+].[Ni+2].[O]=[W](=[O])([O-])[O-]. The van der Waals surface area contributed by atoms with Gasteiger partial charge in [0.1, 0.15) is 0 Å². The molecule has 8 nitrogen and oxygen atoms in total. The normalized spacial score (nSPS) is 8.92. The van der Waals surface area contributed by atoms with E-state index in [1.807, 2.05) is 0 Å². The van der Waals surface area contributed by atoms with Gasteiger partial charge in [-0.2, -0.15) is 0 Å². The van der Waals surface area contributed by atoms with Crippen LogP contribution in [0.25, 0.3) is 0 Å². The van der Waals surface area contributed by atoms with Crippen LogP contribution in [0.2, 0.25) is 0 Å². The average molecular weight is 449 g/mol. The Kier molecular flexibility index (Phi) is 28.8. The van der Waals surface area contributed by atoms with E-state index in [1.54, 1.807) is 0 Å². The first kappa shape index (κ1) is 29.6. The Bertz CT molecular complexity index is 219. The Hall–Kier alpha value is 2.57. The standard InChI is InChI=1S/2Na.Ni.H2O4S.4O.W/c;;;1-5(2,3)4;;;;;/h;;;(H2,1,2,3,4);;;;;/q2*+1;+2;;;;2*-1;/p-2. The third-order valence-corrected chi connectivity index (χ3v) is 0. The molecule has 0 atom stereocenters. The predicted octanol–water partition coefficient (Wildman–Crippen LogP) is -9.95. The second-order valence-electron chi connectivity index (χ2n) is 0.816. The summed E-state index contributed by atoms with van der Waals surface area (Å²) in [7, 11) is -5.17. The van der Waals surface area contributed by atoms with Crippen molar-refractivity contribution in [2.24, 2.45) is 0 Å². The summed E-state index contributed by atoms with van der Waals surface area (Å²) in [5.41, 5.74) is 0. The quantitative estimate of drug-likeness (QED) is 0.200. The molecule has 0 aliphatic carbocycles. The molecule has 0 bridgehead atoms. The number of rotatable bonds is 0. The molecule has 0 rings (SSSR count). The zero-order valence-corrected chi connectivity index (χ0v) is 15.1. The zero-order valence-electron chi connectivity index (χ0n) is 6.40. The molecule has 0 saturated heterocycles. The molecule has 0 aliphatic heterocycles. The summed E-state index contributed by atoms with van der Waals surface area (Å²) >= 11 is -6.17. The molecule has 0 heterocycles. The van der Waals surface area contributed by atoms with Crippen LogP contribution >= 0.6 is 0 Å². The Morgan fingerprint density at radius 2 is 0.923 bits per heavy atom. The van der Waals surface area contributed by atoms with Gasteiger partial charge in [0, 0.05) is 10.4 Å². The van der Waals surface area contributed by atoms with E-state index in [1.165, 1.54) is 0 Å². The fraction of sp³-hybridized carbons (Fsp3) is 0. The second kappa shape index (κ2) is 12.6. The van der Waals surface area contributed by atoms with Crippen molar-refractivity contribution in [1.29, 1.82) is 0 Å². The predicted molar refractivity (Wildman–Crippen MR) is 11.8 cm³/mol. The van der Waals surface area contributed by atoms with Crippen molar-refractivity contribution in [3.05, 3.63) is 0 Å². The van der Waals surface area contributed by atoms with Gasteiger partial charge in [0.25, 0.3) is 0 Å². The van der Waals surface area contributed by atoms with E-state index in [9.17, 15) is 0 Å². The second-order valence-corrected chi connectivity index (χ2v) is 4.57. The Morgan fingerprint density at radius 3 is 0.923 bits per heavy atom. The van der Waals surface area contributed by atoms with Crippen LogP contribution in [0.15, 0.2) is 0 Å². The molecule has 0 fully saturated rings. The van der Waals surface area contributed by atoms with Gasteiger partial charge in [-0.3, -0.25) is 8.42 Å². The minimum absolute atomic E-state index is 0. The first-order chi connectivity index (χ1) is 4.00. The van der Waals surface area contributed by atoms with Crippen molar-refractivity contribution in [3.63, 3.8) is 0 Å². The number of hydrogen-bond donors (Lipinski definition) is 0. The van der Waals surface area contributed by atoms with Gasteiger partial charge >= 0.3 is 107 Å². The van der Waals surface area contributed by atoms with Gasteiger partial charge in [-0.1, -0.05) is 0 Å². The zero-order chi connectivity index (χ0) is 9.00. The van der Waals surface area contributed by atoms with Crippen molar-refractivity contribution in [1.82, 2.24) is 0 Å². The van der Waals surface area contributed by atoms with Gasteiger partial charge in [0.05, 0.1) is 0 Å². The van der Waals surface area contributed by atoms with E-state index >= 15 is 0 Å². The molecule has 13 heteroatoms. The molecule has 0 amide bonds. The maximum absolute atomic E-state index is 8.65. The van der Waals surface area contributed by atoms with Crippen LogP contribution in [0.4, 0.5) is 0 Å². The molecule has 0 radical (unpaired) electrons. The topological polar surface area (TPSA) is 161 Å². The van der Waals surface area contributed by atoms with Crippen LogP contribution < -0.4 is 66.6 Å². The van der Waals surface area contributed by atoms with Crippen LogP contribution in [0.5, 0.6) is 0 Å². The van der Waals surface area contributed by atoms with E-state index in [4.69, 9.17) is 31.8 Å². The molecule has 0 unspecified atom stereocenters. The summed E-state index contributed by atoms with van der Waals surface area (Å²) in [4.78, 5) is 0. The number of hydrogen-bond acceptors (Lipinski definition) is 8. The summed E-state index contributed by atoms with van der Waals surface area (Å²) in [5, 5.41) is 0. The van der Waals surface area contributed by atoms with Gasteiger partial charge in [-0.05, 0) is 0 Å². The van der Waals surface area contributed by atoms with E-state index in [0.717, 1.165) is 0 Å². The molecule has 0 aliphatic rings. The van der Waals surface area contributed by atoms with Crippen molar-refractivity contribution in [2.75, 3.05) is 0 Å². The Balaban J connectivity index is -0.0000000267. The Morgan fingerprint density at radius 1 is 0.923 bits per heavy atom. The molecular formula is Na2NiO8SW. The average Bonchev–Trinajstić information content (AvgIpc) is 1.12. The molecule has 13 heavy (non-hydrogen) atoms. The molecular weight excluding hydrogens is 449 g/mol. The van der Waals surface area contributed by atoms with Crippen LogP contribution in [-0.2, 0) is 50.4 Å². The van der Waals surface area contributed by atoms with E-state index in [0.29, 0.717) is 0 Å². The van der Waals surface area contributed by atoms with Gasteiger partial charge in [-0.15, -0.1) is 0 Å². The van der Waals surface area contributed by atoms with Gasteiger partial charge < -0.3 is 9.11 Å². The van der Waals surface area contributed by atoms with Crippen molar-refractivity contribution < 1.29 is 124 Å². The monoisotopic (exact) mass is 448 g/mol. The van der Waals surface area contributed by atoms with Crippen molar-refractivity contribution >= 4 is 10.4 Å². The summed E-state index contributed by atoms with van der Waals surface area (Å²) in [6.07, 6.45) is 0. The summed E-state index contributed by atoms with van der Waals surface area (Å²) in [6.45, 7) is 0.